The number of carbonyl (C=O) groups is 2. The number of nitrogens with zero attached hydrogens (tertiary/aromatic N) is 4. The molecule has 0 aliphatic carbocycles. The number of aromatic nitrogens is 1. The average molecular weight is 386 g/mol. The number of carbonyl (C=O) groups excluding carboxylic acids is 2. The zero-order chi connectivity index (χ0) is 20.4. The molecule has 0 bridgehead atoms. The number of rotatable bonds is 4. The lowest BCUT2D eigenvalue weighted by Gasteiger charge is -2.35. The summed E-state index contributed by atoms with van der Waals surface area (Å²) in [5, 5.41) is 0. The van der Waals surface area contributed by atoms with E-state index in [9.17, 15) is 14.0 Å². The number of benzene rings is 1. The van der Waals surface area contributed by atoms with E-state index in [0.717, 1.165) is 17.1 Å². The number of hydrogen-bond donors (Lipinski definition) is 0. The number of halogens is 1. The third-order valence-electron chi connectivity index (χ3n) is 5.21. The first-order chi connectivity index (χ1) is 13.3. The normalized spacial score (nSPS) is 15.0. The molecule has 3 rings (SSSR count). The first kappa shape index (κ1) is 20.1. The molecular weight excluding hydrogens is 359 g/mol. The summed E-state index contributed by atoms with van der Waals surface area (Å²) < 4.78 is 15.2. The molecular formula is C21H27FN4O2. The van der Waals surface area contributed by atoms with Crippen LogP contribution in [0.4, 0.5) is 9.18 Å². The Labute approximate surface area is 165 Å². The molecule has 0 atom stereocenters. The lowest BCUT2D eigenvalue weighted by molar-refractivity contribution is 0.0863. The smallest absolute Gasteiger partial charge is 0.319 e. The highest BCUT2D eigenvalue weighted by Gasteiger charge is 2.25. The molecule has 0 unspecified atom stereocenters. The van der Waals surface area contributed by atoms with Gasteiger partial charge in [-0.05, 0) is 44.2 Å². The van der Waals surface area contributed by atoms with E-state index in [1.165, 1.54) is 12.1 Å². The van der Waals surface area contributed by atoms with E-state index in [4.69, 9.17) is 0 Å². The third-order valence-corrected chi connectivity index (χ3v) is 5.21. The predicted octanol–water partition coefficient (Wildman–Crippen LogP) is 2.72. The number of amides is 2. The summed E-state index contributed by atoms with van der Waals surface area (Å²) in [5.41, 5.74) is 3.32. The van der Waals surface area contributed by atoms with Crippen LogP contribution in [0.5, 0.6) is 0 Å². The van der Waals surface area contributed by atoms with Crippen LogP contribution >= 0.6 is 0 Å². The Morgan fingerprint density at radius 2 is 1.64 bits per heavy atom. The molecule has 1 aliphatic rings. The summed E-state index contributed by atoms with van der Waals surface area (Å²) >= 11 is 0. The molecule has 2 amide bonds. The highest BCUT2D eigenvalue weighted by molar-refractivity contribution is 5.99. The third kappa shape index (κ3) is 4.09. The van der Waals surface area contributed by atoms with Crippen LogP contribution in [0.2, 0.25) is 0 Å². The zero-order valence-corrected chi connectivity index (χ0v) is 16.9. The van der Waals surface area contributed by atoms with Crippen molar-refractivity contribution in [1.29, 1.82) is 0 Å². The molecule has 28 heavy (non-hydrogen) atoms. The quantitative estimate of drug-likeness (QED) is 0.759. The van der Waals surface area contributed by atoms with Crippen LogP contribution in [0.1, 0.15) is 21.7 Å². The summed E-state index contributed by atoms with van der Waals surface area (Å²) in [4.78, 5) is 30.4. The van der Waals surface area contributed by atoms with Gasteiger partial charge >= 0.3 is 6.03 Å². The summed E-state index contributed by atoms with van der Waals surface area (Å²) in [6, 6.07) is 8.17. The topological polar surface area (TPSA) is 48.8 Å². The molecule has 0 radical (unpaired) electrons. The zero-order valence-electron chi connectivity index (χ0n) is 16.9. The van der Waals surface area contributed by atoms with Crippen LogP contribution in [-0.4, -0.2) is 77.9 Å². The summed E-state index contributed by atoms with van der Waals surface area (Å²) in [6.07, 6.45) is 0. The van der Waals surface area contributed by atoms with Gasteiger partial charge < -0.3 is 14.4 Å². The van der Waals surface area contributed by atoms with Crippen molar-refractivity contribution in [3.8, 4) is 5.69 Å². The summed E-state index contributed by atoms with van der Waals surface area (Å²) in [7, 11) is 3.49. The maximum absolute atomic E-state index is 13.2. The standard InChI is InChI=1S/C21H27FN4O2/c1-15-13-19(16(2)26(15)18-7-5-17(22)6-8-18)20(27)14-24-9-11-25(12-10-24)21(28)23(3)4/h5-8,13H,9-12,14H2,1-4H3. The minimum Gasteiger partial charge on any atom is -0.331 e. The van der Waals surface area contributed by atoms with Crippen molar-refractivity contribution in [3.63, 3.8) is 0 Å². The summed E-state index contributed by atoms with van der Waals surface area (Å²) in [5.74, 6) is -0.219. The molecule has 0 spiro atoms. The molecule has 6 nitrogen and oxygen atoms in total. The van der Waals surface area contributed by atoms with E-state index >= 15 is 0 Å². The lowest BCUT2D eigenvalue weighted by Crippen LogP contribution is -2.52. The molecule has 7 heteroatoms. The number of piperazine rings is 1. The van der Waals surface area contributed by atoms with Crippen molar-refractivity contribution in [2.45, 2.75) is 13.8 Å². The largest absolute Gasteiger partial charge is 0.331 e. The van der Waals surface area contributed by atoms with Crippen LogP contribution in [0.25, 0.3) is 5.69 Å². The fourth-order valence-electron chi connectivity index (χ4n) is 3.70. The van der Waals surface area contributed by atoms with Gasteiger partial charge in [-0.3, -0.25) is 9.69 Å². The fraction of sp³-hybridized carbons (Fsp3) is 0.429. The average Bonchev–Trinajstić information content (AvgIpc) is 2.97. The first-order valence-corrected chi connectivity index (χ1v) is 9.44. The number of urea groups is 1. The number of Topliss-reactive ketones (excluding diaryl/α,β-unsaturated/α-hetero) is 1. The van der Waals surface area contributed by atoms with E-state index in [2.05, 4.69) is 4.90 Å². The fourth-order valence-corrected chi connectivity index (χ4v) is 3.70. The van der Waals surface area contributed by atoms with Gasteiger partial charge in [-0.15, -0.1) is 0 Å². The molecule has 2 heterocycles. The summed E-state index contributed by atoms with van der Waals surface area (Å²) in [6.45, 7) is 6.80. The van der Waals surface area contributed by atoms with Crippen molar-refractivity contribution < 1.29 is 14.0 Å². The highest BCUT2D eigenvalue weighted by atomic mass is 19.1. The molecule has 150 valence electrons. The van der Waals surface area contributed by atoms with Crippen molar-refractivity contribution >= 4 is 11.8 Å². The maximum Gasteiger partial charge on any atom is 0.319 e. The van der Waals surface area contributed by atoms with Gasteiger partial charge in [-0.25, -0.2) is 9.18 Å². The molecule has 1 saturated heterocycles. The van der Waals surface area contributed by atoms with Gasteiger partial charge in [0.05, 0.1) is 6.54 Å². The van der Waals surface area contributed by atoms with E-state index < -0.39 is 0 Å². The molecule has 0 N–H and O–H groups in total. The van der Waals surface area contributed by atoms with Crippen LogP contribution in [-0.2, 0) is 0 Å². The van der Waals surface area contributed by atoms with Crippen molar-refractivity contribution in [2.24, 2.45) is 0 Å². The second-order valence-corrected chi connectivity index (χ2v) is 7.46. The van der Waals surface area contributed by atoms with Gasteiger partial charge in [0.2, 0.25) is 0 Å². The van der Waals surface area contributed by atoms with Gasteiger partial charge in [-0.2, -0.15) is 0 Å². The maximum atomic E-state index is 13.2. The SMILES string of the molecule is Cc1cc(C(=O)CN2CCN(C(=O)N(C)C)CC2)c(C)n1-c1ccc(F)cc1. The molecule has 1 aromatic heterocycles. The molecule has 2 aromatic rings. The molecule has 1 fully saturated rings. The highest BCUT2D eigenvalue weighted by Crippen LogP contribution is 2.22. The Hall–Kier alpha value is -2.67. The van der Waals surface area contributed by atoms with Crippen molar-refractivity contribution in [3.05, 3.63) is 53.1 Å². The van der Waals surface area contributed by atoms with Gasteiger partial charge in [-0.1, -0.05) is 0 Å². The van der Waals surface area contributed by atoms with Crippen LogP contribution in [0.3, 0.4) is 0 Å². The van der Waals surface area contributed by atoms with Crippen LogP contribution in [0, 0.1) is 19.7 Å². The second kappa shape index (κ2) is 8.14. The lowest BCUT2D eigenvalue weighted by atomic mass is 10.1. The van der Waals surface area contributed by atoms with Gasteiger partial charge in [0.15, 0.2) is 5.78 Å². The Morgan fingerprint density at radius 1 is 1.04 bits per heavy atom. The molecule has 1 aliphatic heterocycles. The number of ketones is 1. The Bertz CT molecular complexity index is 865. The van der Waals surface area contributed by atoms with Gasteiger partial charge in [0.25, 0.3) is 0 Å². The number of aryl methyl sites for hydroxylation is 1. The van der Waals surface area contributed by atoms with E-state index in [1.54, 1.807) is 36.0 Å². The van der Waals surface area contributed by atoms with E-state index in [-0.39, 0.29) is 17.6 Å². The monoisotopic (exact) mass is 386 g/mol. The minimum atomic E-state index is -0.283. The Balaban J connectivity index is 1.68. The van der Waals surface area contributed by atoms with Crippen molar-refractivity contribution in [2.75, 3.05) is 46.8 Å². The molecule has 1 aromatic carbocycles. The second-order valence-electron chi connectivity index (χ2n) is 7.46. The Kier molecular flexibility index (Phi) is 5.84. The van der Waals surface area contributed by atoms with E-state index in [1.807, 2.05) is 24.5 Å². The minimum absolute atomic E-state index is 0.00817. The van der Waals surface area contributed by atoms with Crippen LogP contribution in [0.15, 0.2) is 30.3 Å². The number of hydrogen-bond acceptors (Lipinski definition) is 3. The Morgan fingerprint density at radius 3 is 2.21 bits per heavy atom. The van der Waals surface area contributed by atoms with Crippen LogP contribution < -0.4 is 0 Å². The van der Waals surface area contributed by atoms with E-state index in [0.29, 0.717) is 38.3 Å². The first-order valence-electron chi connectivity index (χ1n) is 9.44. The van der Waals surface area contributed by atoms with Crippen molar-refractivity contribution in [1.82, 2.24) is 19.3 Å². The molecule has 0 saturated carbocycles. The predicted molar refractivity (Wildman–Crippen MR) is 107 cm³/mol. The van der Waals surface area contributed by atoms with Gasteiger partial charge in [0, 0.05) is 62.9 Å². The van der Waals surface area contributed by atoms with Gasteiger partial charge in [0.1, 0.15) is 5.82 Å².